The third kappa shape index (κ3) is 1.80. The van der Waals surface area contributed by atoms with Gasteiger partial charge in [-0.15, -0.1) is 13.2 Å². The molecule has 2 nitrogen and oxygen atoms in total. The molecule has 0 rings (SSSR count). The molecule has 0 aromatic heterocycles. The van der Waals surface area contributed by atoms with E-state index >= 15 is 0 Å². The van der Waals surface area contributed by atoms with Crippen LogP contribution in [-0.4, -0.2) is 45.7 Å². The van der Waals surface area contributed by atoms with Crippen molar-refractivity contribution in [2.24, 2.45) is 0 Å². The van der Waals surface area contributed by atoms with Gasteiger partial charge in [0.15, 0.2) is 0 Å². The number of rotatable bonds is 4. The summed E-state index contributed by atoms with van der Waals surface area (Å²) in [5.74, 6) is 0. The summed E-state index contributed by atoms with van der Waals surface area (Å²) in [4.78, 5) is 0. The van der Waals surface area contributed by atoms with Crippen LogP contribution in [0.2, 0.25) is 0 Å². The second-order valence-electron chi connectivity index (χ2n) is 2.98. The van der Waals surface area contributed by atoms with Crippen LogP contribution in [0.3, 0.4) is 0 Å². The maximum Gasteiger partial charge on any atom is 0.256 e. The molecule has 0 radical (unpaired) electrons. The SMILES string of the molecule is C=C[Si](C=C)(N(C)C)N(C)C. The Morgan fingerprint density at radius 1 is 0.909 bits per heavy atom. The molecule has 0 aliphatic heterocycles. The van der Waals surface area contributed by atoms with Crippen molar-refractivity contribution in [1.82, 2.24) is 9.13 Å². The van der Waals surface area contributed by atoms with Gasteiger partial charge in [0.05, 0.1) is 0 Å². The zero-order chi connectivity index (χ0) is 9.07. The van der Waals surface area contributed by atoms with E-state index in [1.54, 1.807) is 0 Å². The average Bonchev–Trinajstić information content (AvgIpc) is 1.90. The molecule has 0 fully saturated rings. The summed E-state index contributed by atoms with van der Waals surface area (Å²) in [6.45, 7) is 7.71. The Hall–Kier alpha value is -0.383. The van der Waals surface area contributed by atoms with E-state index in [4.69, 9.17) is 0 Å². The lowest BCUT2D eigenvalue weighted by Gasteiger charge is -2.37. The minimum Gasteiger partial charge on any atom is -0.311 e. The minimum atomic E-state index is -1.70. The number of nitrogens with zero attached hydrogens (tertiary/aromatic N) is 2. The highest BCUT2D eigenvalue weighted by molar-refractivity contribution is 6.83. The van der Waals surface area contributed by atoms with Crippen molar-refractivity contribution in [3.63, 3.8) is 0 Å². The fourth-order valence-corrected chi connectivity index (χ4v) is 3.64. The predicted molar refractivity (Wildman–Crippen MR) is 53.5 cm³/mol. The first-order chi connectivity index (χ1) is 5.01. The molecular formula is C8H18N2Si. The van der Waals surface area contributed by atoms with E-state index in [1.165, 1.54) is 0 Å². The molecule has 0 aromatic carbocycles. The molecule has 0 aromatic rings. The van der Waals surface area contributed by atoms with E-state index in [1.807, 2.05) is 11.4 Å². The van der Waals surface area contributed by atoms with E-state index in [9.17, 15) is 0 Å². The van der Waals surface area contributed by atoms with Gasteiger partial charge >= 0.3 is 0 Å². The number of hydrogen-bond donors (Lipinski definition) is 0. The molecule has 0 amide bonds. The van der Waals surface area contributed by atoms with Crippen LogP contribution in [0.5, 0.6) is 0 Å². The number of hydrogen-bond acceptors (Lipinski definition) is 2. The van der Waals surface area contributed by atoms with Crippen LogP contribution < -0.4 is 0 Å². The third-order valence-electron chi connectivity index (χ3n) is 2.03. The molecule has 0 unspecified atom stereocenters. The first-order valence-electron chi connectivity index (χ1n) is 3.63. The molecule has 11 heavy (non-hydrogen) atoms. The van der Waals surface area contributed by atoms with Gasteiger partial charge in [0.25, 0.3) is 8.40 Å². The Balaban J connectivity index is 4.74. The maximum absolute atomic E-state index is 3.85. The molecule has 0 heterocycles. The molecule has 0 atom stereocenters. The van der Waals surface area contributed by atoms with Gasteiger partial charge in [0, 0.05) is 0 Å². The smallest absolute Gasteiger partial charge is 0.256 e. The fourth-order valence-electron chi connectivity index (χ4n) is 1.21. The lowest BCUT2D eigenvalue weighted by Crippen LogP contribution is -2.58. The van der Waals surface area contributed by atoms with Crippen LogP contribution in [0.15, 0.2) is 24.6 Å². The summed E-state index contributed by atoms with van der Waals surface area (Å²) in [6.07, 6.45) is 0. The lowest BCUT2D eigenvalue weighted by atomic mass is 11.2. The van der Waals surface area contributed by atoms with Crippen molar-refractivity contribution >= 4 is 8.40 Å². The monoisotopic (exact) mass is 170 g/mol. The highest BCUT2D eigenvalue weighted by Crippen LogP contribution is 2.10. The standard InChI is InChI=1S/C8H18N2Si/c1-7-11(8-2,9(3)4)10(5)6/h7-8H,1-2H2,3-6H3. The van der Waals surface area contributed by atoms with Crippen molar-refractivity contribution in [3.8, 4) is 0 Å². The third-order valence-corrected chi connectivity index (χ3v) is 6.10. The van der Waals surface area contributed by atoms with Crippen LogP contribution in [0.1, 0.15) is 0 Å². The first-order valence-corrected chi connectivity index (χ1v) is 5.68. The van der Waals surface area contributed by atoms with Crippen LogP contribution in [0.4, 0.5) is 0 Å². The lowest BCUT2D eigenvalue weighted by molar-refractivity contribution is 0.509. The largest absolute Gasteiger partial charge is 0.311 e. The molecule has 0 bridgehead atoms. The minimum absolute atomic E-state index is 1.70. The Kier molecular flexibility index (Phi) is 3.72. The summed E-state index contributed by atoms with van der Waals surface area (Å²) in [6, 6.07) is 0. The second-order valence-corrected chi connectivity index (χ2v) is 7.15. The molecule has 3 heteroatoms. The van der Waals surface area contributed by atoms with Crippen molar-refractivity contribution in [1.29, 1.82) is 0 Å². The van der Waals surface area contributed by atoms with E-state index in [-0.39, 0.29) is 0 Å². The zero-order valence-corrected chi connectivity index (χ0v) is 8.96. The summed E-state index contributed by atoms with van der Waals surface area (Å²) in [5, 5.41) is 0. The topological polar surface area (TPSA) is 6.48 Å². The van der Waals surface area contributed by atoms with Crippen molar-refractivity contribution in [2.45, 2.75) is 0 Å². The predicted octanol–water partition coefficient (Wildman–Crippen LogP) is 1.00. The molecule has 0 spiro atoms. The molecule has 0 saturated carbocycles. The summed E-state index contributed by atoms with van der Waals surface area (Å²) in [5.41, 5.74) is 4.03. The molecule has 0 N–H and O–H groups in total. The molecule has 0 saturated heterocycles. The van der Waals surface area contributed by atoms with Gasteiger partial charge in [-0.25, -0.2) is 0 Å². The summed E-state index contributed by atoms with van der Waals surface area (Å²) in [7, 11) is 6.56. The Labute approximate surface area is 71.0 Å². The van der Waals surface area contributed by atoms with Gasteiger partial charge in [0.2, 0.25) is 0 Å². The van der Waals surface area contributed by atoms with Crippen LogP contribution >= 0.6 is 0 Å². The van der Waals surface area contributed by atoms with Crippen LogP contribution in [0, 0.1) is 0 Å². The molecular weight excluding hydrogens is 152 g/mol. The second kappa shape index (κ2) is 3.85. The highest BCUT2D eigenvalue weighted by atomic mass is 28.3. The Morgan fingerprint density at radius 2 is 1.18 bits per heavy atom. The molecule has 0 aliphatic rings. The van der Waals surface area contributed by atoms with Gasteiger partial charge < -0.3 is 9.13 Å². The molecule has 0 aliphatic carbocycles. The van der Waals surface area contributed by atoms with E-state index < -0.39 is 8.40 Å². The van der Waals surface area contributed by atoms with Gasteiger partial charge in [-0.05, 0) is 28.2 Å². The van der Waals surface area contributed by atoms with Gasteiger partial charge in [-0.2, -0.15) is 0 Å². The van der Waals surface area contributed by atoms with Crippen molar-refractivity contribution in [3.05, 3.63) is 24.6 Å². The Morgan fingerprint density at radius 3 is 1.18 bits per heavy atom. The van der Waals surface area contributed by atoms with Crippen LogP contribution in [0.25, 0.3) is 0 Å². The van der Waals surface area contributed by atoms with Gasteiger partial charge in [-0.1, -0.05) is 11.4 Å². The van der Waals surface area contributed by atoms with Gasteiger partial charge in [-0.3, -0.25) is 0 Å². The molecule has 64 valence electrons. The average molecular weight is 170 g/mol. The summed E-state index contributed by atoms with van der Waals surface area (Å²) < 4.78 is 4.40. The van der Waals surface area contributed by atoms with Crippen molar-refractivity contribution < 1.29 is 0 Å². The quantitative estimate of drug-likeness (QED) is 0.581. The van der Waals surface area contributed by atoms with E-state index in [2.05, 4.69) is 50.5 Å². The van der Waals surface area contributed by atoms with Crippen molar-refractivity contribution in [2.75, 3.05) is 28.2 Å². The normalized spacial score (nSPS) is 12.2. The van der Waals surface area contributed by atoms with Gasteiger partial charge in [0.1, 0.15) is 0 Å². The van der Waals surface area contributed by atoms with Crippen LogP contribution in [-0.2, 0) is 0 Å². The van der Waals surface area contributed by atoms with E-state index in [0.717, 1.165) is 0 Å². The first kappa shape index (κ1) is 10.6. The maximum atomic E-state index is 3.85. The van der Waals surface area contributed by atoms with E-state index in [0.29, 0.717) is 0 Å². The fraction of sp³-hybridized carbons (Fsp3) is 0.500. The highest BCUT2D eigenvalue weighted by Gasteiger charge is 2.32. The summed E-state index contributed by atoms with van der Waals surface area (Å²) >= 11 is 0. The Bertz CT molecular complexity index is 134. The zero-order valence-electron chi connectivity index (χ0n) is 7.96.